The first-order valence-electron chi connectivity index (χ1n) is 5.48. The number of benzene rings is 1. The number of hydrogen-bond acceptors (Lipinski definition) is 2. The second-order valence-electron chi connectivity index (χ2n) is 4.42. The van der Waals surface area contributed by atoms with Gasteiger partial charge in [-0.05, 0) is 37.5 Å². The molecule has 1 heterocycles. The Morgan fingerprint density at radius 2 is 2.27 bits per heavy atom. The molecule has 1 aromatic heterocycles. The Hall–Kier alpha value is -1.35. The summed E-state index contributed by atoms with van der Waals surface area (Å²) in [6.07, 6.45) is 4.54. The number of nitrogens with two attached hydrogens (primary N) is 1. The number of imidazole rings is 1. The molecule has 78 valence electrons. The molecule has 1 aromatic carbocycles. The van der Waals surface area contributed by atoms with Crippen LogP contribution in [0.4, 0.5) is 0 Å². The lowest BCUT2D eigenvalue weighted by molar-refractivity contribution is 0.765. The maximum atomic E-state index is 5.85. The van der Waals surface area contributed by atoms with Crippen LogP contribution >= 0.6 is 0 Å². The zero-order valence-corrected chi connectivity index (χ0v) is 8.85. The Balaban J connectivity index is 2.13. The summed E-state index contributed by atoms with van der Waals surface area (Å²) in [4.78, 5) is 4.43. The number of rotatable bonds is 2. The van der Waals surface area contributed by atoms with Gasteiger partial charge in [-0.3, -0.25) is 0 Å². The first kappa shape index (κ1) is 8.92. The smallest absolute Gasteiger partial charge is 0.0960 e. The monoisotopic (exact) mass is 201 g/mol. The molecule has 1 aliphatic rings. The molecular weight excluding hydrogens is 186 g/mol. The minimum absolute atomic E-state index is 0.0838. The normalized spacial score (nSPS) is 18.3. The molecule has 1 fully saturated rings. The van der Waals surface area contributed by atoms with Crippen molar-refractivity contribution in [2.75, 3.05) is 0 Å². The minimum Gasteiger partial charge on any atom is -0.327 e. The lowest BCUT2D eigenvalue weighted by atomic mass is 10.1. The van der Waals surface area contributed by atoms with Crippen molar-refractivity contribution < 1.29 is 0 Å². The van der Waals surface area contributed by atoms with Crippen LogP contribution in [0.15, 0.2) is 24.5 Å². The van der Waals surface area contributed by atoms with Crippen molar-refractivity contribution in [3.8, 4) is 0 Å². The summed E-state index contributed by atoms with van der Waals surface area (Å²) in [6, 6.07) is 7.11. The van der Waals surface area contributed by atoms with E-state index in [2.05, 4.69) is 27.8 Å². The summed E-state index contributed by atoms with van der Waals surface area (Å²) < 4.78 is 2.28. The molecule has 3 rings (SSSR count). The fourth-order valence-electron chi connectivity index (χ4n) is 1.98. The lowest BCUT2D eigenvalue weighted by Gasteiger charge is -2.05. The van der Waals surface area contributed by atoms with Gasteiger partial charge in [-0.2, -0.15) is 0 Å². The van der Waals surface area contributed by atoms with Crippen LogP contribution < -0.4 is 5.73 Å². The zero-order chi connectivity index (χ0) is 10.4. The molecule has 0 saturated heterocycles. The van der Waals surface area contributed by atoms with Crippen LogP contribution in [0, 0.1) is 0 Å². The molecule has 2 aromatic rings. The number of nitrogens with zero attached hydrogens (tertiary/aromatic N) is 2. The van der Waals surface area contributed by atoms with Crippen LogP contribution in [-0.2, 0) is 0 Å². The predicted octanol–water partition coefficient (Wildman–Crippen LogP) is 2.39. The molecule has 0 spiro atoms. The minimum atomic E-state index is 0.0838. The average Bonchev–Trinajstić information content (AvgIpc) is 2.98. The van der Waals surface area contributed by atoms with E-state index in [0.717, 1.165) is 11.1 Å². The van der Waals surface area contributed by atoms with Crippen molar-refractivity contribution in [3.05, 3.63) is 30.1 Å². The van der Waals surface area contributed by atoms with Crippen LogP contribution in [0.1, 0.15) is 37.4 Å². The summed E-state index contributed by atoms with van der Waals surface area (Å²) in [6.45, 7) is 2.00. The highest BCUT2D eigenvalue weighted by Gasteiger charge is 2.24. The zero-order valence-electron chi connectivity index (χ0n) is 8.85. The van der Waals surface area contributed by atoms with Gasteiger partial charge in [0, 0.05) is 12.1 Å². The Bertz CT molecular complexity index is 495. The lowest BCUT2D eigenvalue weighted by Crippen LogP contribution is -2.04. The van der Waals surface area contributed by atoms with Crippen LogP contribution in [0.3, 0.4) is 0 Å². The van der Waals surface area contributed by atoms with Gasteiger partial charge in [-0.25, -0.2) is 4.98 Å². The van der Waals surface area contributed by atoms with Gasteiger partial charge in [-0.1, -0.05) is 6.07 Å². The van der Waals surface area contributed by atoms with E-state index in [4.69, 9.17) is 5.73 Å². The maximum Gasteiger partial charge on any atom is 0.0960 e. The third-order valence-electron chi connectivity index (χ3n) is 3.06. The molecule has 1 saturated carbocycles. The number of fused-ring (bicyclic) bond motifs is 1. The third kappa shape index (κ3) is 1.43. The highest BCUT2D eigenvalue weighted by Crippen LogP contribution is 2.37. The molecule has 15 heavy (non-hydrogen) atoms. The fraction of sp³-hybridized carbons (Fsp3) is 0.417. The maximum absolute atomic E-state index is 5.85. The molecule has 1 atom stereocenters. The third-order valence-corrected chi connectivity index (χ3v) is 3.06. The van der Waals surface area contributed by atoms with Gasteiger partial charge >= 0.3 is 0 Å². The molecular formula is C12H15N3. The molecule has 0 unspecified atom stereocenters. The topological polar surface area (TPSA) is 43.8 Å². The van der Waals surface area contributed by atoms with E-state index in [0.29, 0.717) is 6.04 Å². The van der Waals surface area contributed by atoms with Gasteiger partial charge in [0.1, 0.15) is 0 Å². The first-order chi connectivity index (χ1) is 7.25. The Kier molecular flexibility index (Phi) is 1.83. The molecule has 3 heteroatoms. The summed E-state index contributed by atoms with van der Waals surface area (Å²) in [7, 11) is 0. The van der Waals surface area contributed by atoms with E-state index in [1.54, 1.807) is 0 Å². The second kappa shape index (κ2) is 3.07. The van der Waals surface area contributed by atoms with Crippen LogP contribution in [-0.4, -0.2) is 9.55 Å². The van der Waals surface area contributed by atoms with Crippen molar-refractivity contribution in [1.82, 2.24) is 9.55 Å². The summed E-state index contributed by atoms with van der Waals surface area (Å²) in [5.41, 5.74) is 9.31. The quantitative estimate of drug-likeness (QED) is 0.810. The SMILES string of the molecule is C[C@H](N)c1ccc2c(c1)ncn2C1CC1. The Labute approximate surface area is 88.9 Å². The van der Waals surface area contributed by atoms with Gasteiger partial charge in [-0.15, -0.1) is 0 Å². The standard InChI is InChI=1S/C12H15N3/c1-8(13)9-2-5-12-11(6-9)14-7-15(12)10-3-4-10/h2,5-8,10H,3-4,13H2,1H3/t8-/m0/s1. The first-order valence-corrected chi connectivity index (χ1v) is 5.48. The van der Waals surface area contributed by atoms with Gasteiger partial charge < -0.3 is 10.3 Å². The van der Waals surface area contributed by atoms with Crippen molar-refractivity contribution in [2.24, 2.45) is 5.73 Å². The van der Waals surface area contributed by atoms with E-state index in [-0.39, 0.29) is 6.04 Å². The Morgan fingerprint density at radius 1 is 1.47 bits per heavy atom. The van der Waals surface area contributed by atoms with Crippen LogP contribution in [0.25, 0.3) is 11.0 Å². The molecule has 2 N–H and O–H groups in total. The highest BCUT2D eigenvalue weighted by molar-refractivity contribution is 5.76. The van der Waals surface area contributed by atoms with Gasteiger partial charge in [0.2, 0.25) is 0 Å². The van der Waals surface area contributed by atoms with Crippen molar-refractivity contribution in [2.45, 2.75) is 31.8 Å². The summed E-state index contributed by atoms with van der Waals surface area (Å²) in [5, 5.41) is 0. The highest BCUT2D eigenvalue weighted by atomic mass is 15.1. The summed E-state index contributed by atoms with van der Waals surface area (Å²) >= 11 is 0. The van der Waals surface area contributed by atoms with Gasteiger partial charge in [0.25, 0.3) is 0 Å². The second-order valence-corrected chi connectivity index (χ2v) is 4.42. The van der Waals surface area contributed by atoms with Crippen molar-refractivity contribution in [1.29, 1.82) is 0 Å². The van der Waals surface area contributed by atoms with Crippen molar-refractivity contribution >= 4 is 11.0 Å². The van der Waals surface area contributed by atoms with Crippen molar-refractivity contribution in [3.63, 3.8) is 0 Å². The molecule has 3 nitrogen and oxygen atoms in total. The molecule has 0 amide bonds. The molecule has 1 aliphatic carbocycles. The van der Waals surface area contributed by atoms with Crippen LogP contribution in [0.5, 0.6) is 0 Å². The van der Waals surface area contributed by atoms with Crippen LogP contribution in [0.2, 0.25) is 0 Å². The van der Waals surface area contributed by atoms with E-state index >= 15 is 0 Å². The van der Waals surface area contributed by atoms with Gasteiger partial charge in [0.15, 0.2) is 0 Å². The molecule has 0 bridgehead atoms. The number of aromatic nitrogens is 2. The number of hydrogen-bond donors (Lipinski definition) is 1. The van der Waals surface area contributed by atoms with E-state index in [1.807, 2.05) is 13.3 Å². The summed E-state index contributed by atoms with van der Waals surface area (Å²) in [5.74, 6) is 0. The molecule has 0 radical (unpaired) electrons. The fourth-order valence-corrected chi connectivity index (χ4v) is 1.98. The van der Waals surface area contributed by atoms with E-state index < -0.39 is 0 Å². The molecule has 0 aliphatic heterocycles. The van der Waals surface area contributed by atoms with Gasteiger partial charge in [0.05, 0.1) is 17.4 Å². The van der Waals surface area contributed by atoms with E-state index in [1.165, 1.54) is 18.4 Å². The Morgan fingerprint density at radius 3 is 2.93 bits per heavy atom. The largest absolute Gasteiger partial charge is 0.327 e. The van der Waals surface area contributed by atoms with E-state index in [9.17, 15) is 0 Å². The predicted molar refractivity (Wildman–Crippen MR) is 60.6 cm³/mol. The average molecular weight is 201 g/mol.